The van der Waals surface area contributed by atoms with Crippen LogP contribution in [0.5, 0.6) is 5.75 Å². The molecule has 2 atom stereocenters. The molecule has 0 spiro atoms. The van der Waals surface area contributed by atoms with Gasteiger partial charge in [0.1, 0.15) is 5.75 Å². The molecule has 2 aliphatic heterocycles. The summed E-state index contributed by atoms with van der Waals surface area (Å²) in [5, 5.41) is 20.2. The van der Waals surface area contributed by atoms with E-state index < -0.39 is 0 Å². The summed E-state index contributed by atoms with van der Waals surface area (Å²) in [6.07, 6.45) is 14.1. The lowest BCUT2D eigenvalue weighted by molar-refractivity contribution is -0.163. The van der Waals surface area contributed by atoms with E-state index in [9.17, 15) is 5.11 Å². The van der Waals surface area contributed by atoms with Crippen LogP contribution in [0.2, 0.25) is 0 Å². The molecule has 5 rings (SSSR count). The van der Waals surface area contributed by atoms with Crippen LogP contribution in [0.25, 0.3) is 23.1 Å². The van der Waals surface area contributed by atoms with Crippen molar-refractivity contribution in [1.29, 1.82) is 0 Å². The molecule has 170 valence electrons. The number of phenols is 1. The fraction of sp³-hybridized carbons (Fsp3) is 0.500. The van der Waals surface area contributed by atoms with Crippen LogP contribution in [-0.2, 0) is 20.8 Å². The van der Waals surface area contributed by atoms with Gasteiger partial charge in [0.15, 0.2) is 12.5 Å². The third-order valence-electron chi connectivity index (χ3n) is 6.00. The van der Waals surface area contributed by atoms with E-state index in [1.165, 1.54) is 0 Å². The molecule has 1 aromatic carbocycles. The zero-order valence-electron chi connectivity index (χ0n) is 18.2. The van der Waals surface area contributed by atoms with Crippen molar-refractivity contribution in [1.82, 2.24) is 19.6 Å². The van der Waals surface area contributed by atoms with Crippen molar-refractivity contribution in [3.63, 3.8) is 0 Å². The molecule has 2 fully saturated rings. The average molecular weight is 439 g/mol. The maximum absolute atomic E-state index is 10.0. The van der Waals surface area contributed by atoms with Gasteiger partial charge in [-0.2, -0.15) is 10.2 Å². The third kappa shape index (κ3) is 4.87. The molecular weight excluding hydrogens is 408 g/mol. The molecule has 0 amide bonds. The fourth-order valence-electron chi connectivity index (χ4n) is 4.30. The maximum Gasteiger partial charge on any atom is 0.157 e. The van der Waals surface area contributed by atoms with Crippen molar-refractivity contribution >= 4 is 23.1 Å². The van der Waals surface area contributed by atoms with Gasteiger partial charge in [-0.3, -0.25) is 4.68 Å². The van der Waals surface area contributed by atoms with Gasteiger partial charge in [0, 0.05) is 30.4 Å². The van der Waals surface area contributed by atoms with Gasteiger partial charge in [0.2, 0.25) is 0 Å². The molecule has 4 heterocycles. The normalized spacial score (nSPS) is 22.1. The lowest BCUT2D eigenvalue weighted by Crippen LogP contribution is -2.24. The molecular formula is C24H30N4O4. The summed E-state index contributed by atoms with van der Waals surface area (Å²) in [4.78, 5) is 0. The van der Waals surface area contributed by atoms with Crippen LogP contribution in [0.15, 0.2) is 30.6 Å². The molecule has 0 saturated carbocycles. The second kappa shape index (κ2) is 9.85. The summed E-state index contributed by atoms with van der Waals surface area (Å²) in [5.41, 5.74) is 2.75. The van der Waals surface area contributed by atoms with Crippen molar-refractivity contribution in [2.45, 2.75) is 57.6 Å². The number of fused-ring (bicyclic) bond motifs is 1. The first-order chi connectivity index (χ1) is 15.8. The number of rotatable bonds is 7. The van der Waals surface area contributed by atoms with Gasteiger partial charge >= 0.3 is 0 Å². The summed E-state index contributed by atoms with van der Waals surface area (Å²) in [6.45, 7) is 2.80. The molecule has 32 heavy (non-hydrogen) atoms. The number of aromatic nitrogens is 4. The fourth-order valence-corrected chi connectivity index (χ4v) is 4.30. The van der Waals surface area contributed by atoms with E-state index in [1.807, 2.05) is 40.0 Å². The molecule has 8 nitrogen and oxygen atoms in total. The smallest absolute Gasteiger partial charge is 0.157 e. The minimum Gasteiger partial charge on any atom is -0.508 e. The van der Waals surface area contributed by atoms with Crippen molar-refractivity contribution in [3.8, 4) is 5.75 Å². The van der Waals surface area contributed by atoms with Crippen molar-refractivity contribution in [3.05, 3.63) is 41.9 Å². The van der Waals surface area contributed by atoms with E-state index >= 15 is 0 Å². The number of aromatic hydroxyl groups is 1. The van der Waals surface area contributed by atoms with Crippen LogP contribution in [0.3, 0.4) is 0 Å². The Labute approximate surface area is 187 Å². The predicted molar refractivity (Wildman–Crippen MR) is 121 cm³/mol. The van der Waals surface area contributed by atoms with Crippen molar-refractivity contribution in [2.75, 3.05) is 19.8 Å². The topological polar surface area (TPSA) is 83.6 Å². The van der Waals surface area contributed by atoms with Crippen molar-refractivity contribution in [2.24, 2.45) is 0 Å². The van der Waals surface area contributed by atoms with Crippen LogP contribution in [-0.4, -0.2) is 50.8 Å². The Hall–Kier alpha value is -2.68. The highest BCUT2D eigenvalue weighted by atomic mass is 16.7. The molecule has 0 aliphatic carbocycles. The van der Waals surface area contributed by atoms with E-state index in [1.54, 1.807) is 12.1 Å². The third-order valence-corrected chi connectivity index (χ3v) is 6.00. The van der Waals surface area contributed by atoms with E-state index in [2.05, 4.69) is 5.10 Å². The SMILES string of the molecule is Oc1ccc2c(c1)c(/C=C/c1cnn(CCO[C@H]3CCCCO3)c1)nn2[C@H]1CCCCO1. The zero-order chi connectivity index (χ0) is 21.8. The number of benzene rings is 1. The number of ether oxygens (including phenoxy) is 3. The first-order valence-electron chi connectivity index (χ1n) is 11.5. The Kier molecular flexibility index (Phi) is 6.52. The minimum absolute atomic E-state index is 0.0613. The number of nitrogens with zero attached hydrogens (tertiary/aromatic N) is 4. The molecule has 2 aromatic heterocycles. The van der Waals surface area contributed by atoms with Crippen LogP contribution in [0.4, 0.5) is 0 Å². The van der Waals surface area contributed by atoms with Gasteiger partial charge in [-0.1, -0.05) is 0 Å². The van der Waals surface area contributed by atoms with Gasteiger partial charge in [-0.25, -0.2) is 4.68 Å². The Morgan fingerprint density at radius 1 is 1.09 bits per heavy atom. The summed E-state index contributed by atoms with van der Waals surface area (Å²) in [5.74, 6) is 0.228. The maximum atomic E-state index is 10.0. The zero-order valence-corrected chi connectivity index (χ0v) is 18.2. The Balaban J connectivity index is 1.28. The molecule has 0 bridgehead atoms. The predicted octanol–water partition coefficient (Wildman–Crippen LogP) is 4.35. The minimum atomic E-state index is -0.0772. The Morgan fingerprint density at radius 2 is 1.97 bits per heavy atom. The van der Waals surface area contributed by atoms with Crippen LogP contribution in [0, 0.1) is 0 Å². The van der Waals surface area contributed by atoms with E-state index in [0.29, 0.717) is 13.2 Å². The quantitative estimate of drug-likeness (QED) is 0.590. The number of phenolic OH excluding ortho intramolecular Hbond substituents is 1. The first kappa shape index (κ1) is 21.2. The number of hydrogen-bond donors (Lipinski definition) is 1. The highest BCUT2D eigenvalue weighted by molar-refractivity contribution is 5.90. The second-order valence-corrected chi connectivity index (χ2v) is 8.39. The van der Waals surface area contributed by atoms with Gasteiger partial charge in [-0.15, -0.1) is 0 Å². The van der Waals surface area contributed by atoms with Gasteiger partial charge in [0.25, 0.3) is 0 Å². The van der Waals surface area contributed by atoms with Crippen LogP contribution >= 0.6 is 0 Å². The summed E-state index contributed by atoms with van der Waals surface area (Å²) in [6, 6.07) is 5.36. The van der Waals surface area contributed by atoms with Gasteiger partial charge < -0.3 is 19.3 Å². The molecule has 8 heteroatoms. The highest BCUT2D eigenvalue weighted by Crippen LogP contribution is 2.30. The second-order valence-electron chi connectivity index (χ2n) is 8.39. The Morgan fingerprint density at radius 3 is 2.78 bits per heavy atom. The molecule has 2 saturated heterocycles. The highest BCUT2D eigenvalue weighted by Gasteiger charge is 2.20. The van der Waals surface area contributed by atoms with Crippen LogP contribution < -0.4 is 0 Å². The van der Waals surface area contributed by atoms with Crippen molar-refractivity contribution < 1.29 is 19.3 Å². The van der Waals surface area contributed by atoms with Gasteiger partial charge in [-0.05, 0) is 68.9 Å². The Bertz CT molecular complexity index is 1060. The average Bonchev–Trinajstić information content (AvgIpc) is 3.43. The standard InChI is InChI=1S/C24H30N4O4/c29-19-8-10-22-20(15-19)21(26-28(22)23-5-1-3-12-30-23)9-7-18-16-25-27(17-18)11-14-32-24-6-2-4-13-31-24/h7-10,15-17,23-24,29H,1-6,11-14H2/b9-7+/t23-,24+/m1/s1. The molecule has 0 radical (unpaired) electrons. The molecule has 3 aromatic rings. The van der Waals surface area contributed by atoms with Crippen LogP contribution in [0.1, 0.15) is 56.0 Å². The van der Waals surface area contributed by atoms with E-state index in [-0.39, 0.29) is 18.3 Å². The molecule has 1 N–H and O–H groups in total. The lowest BCUT2D eigenvalue weighted by Gasteiger charge is -2.23. The summed E-state index contributed by atoms with van der Waals surface area (Å²) < 4.78 is 21.2. The largest absolute Gasteiger partial charge is 0.508 e. The monoisotopic (exact) mass is 438 g/mol. The molecule has 2 aliphatic rings. The number of hydrogen-bond acceptors (Lipinski definition) is 6. The summed E-state index contributed by atoms with van der Waals surface area (Å²) in [7, 11) is 0. The molecule has 0 unspecified atom stereocenters. The first-order valence-corrected chi connectivity index (χ1v) is 11.5. The lowest BCUT2D eigenvalue weighted by atomic mass is 10.1. The van der Waals surface area contributed by atoms with E-state index in [0.717, 1.165) is 73.9 Å². The van der Waals surface area contributed by atoms with E-state index in [4.69, 9.17) is 19.3 Å². The van der Waals surface area contributed by atoms with Gasteiger partial charge in [0.05, 0.1) is 30.6 Å². The summed E-state index contributed by atoms with van der Waals surface area (Å²) >= 11 is 0.